The van der Waals surface area contributed by atoms with Gasteiger partial charge in [-0.3, -0.25) is 9.59 Å². The lowest BCUT2D eigenvalue weighted by Crippen LogP contribution is -2.19. The van der Waals surface area contributed by atoms with Crippen LogP contribution in [0.1, 0.15) is 36.8 Å². The van der Waals surface area contributed by atoms with Gasteiger partial charge in [0.2, 0.25) is 11.8 Å². The highest BCUT2D eigenvalue weighted by molar-refractivity contribution is 5.86. The van der Waals surface area contributed by atoms with Crippen LogP contribution in [-0.2, 0) is 9.59 Å². The molecule has 10 heteroatoms. The third-order valence-corrected chi connectivity index (χ3v) is 4.31. The maximum Gasteiger partial charge on any atom is 0.240 e. The third-order valence-electron chi connectivity index (χ3n) is 4.31. The molecule has 0 fully saturated rings. The van der Waals surface area contributed by atoms with E-state index in [9.17, 15) is 19.8 Å². The number of nitrogens with zero attached hydrogens (tertiary/aromatic N) is 2. The van der Waals surface area contributed by atoms with Crippen molar-refractivity contribution in [3.63, 3.8) is 0 Å². The Labute approximate surface area is 185 Å². The summed E-state index contributed by atoms with van der Waals surface area (Å²) in [6.07, 6.45) is 3.99. The molecule has 10 nitrogen and oxygen atoms in total. The number of phenols is 2. The van der Waals surface area contributed by atoms with Gasteiger partial charge in [-0.2, -0.15) is 10.2 Å². The quantitative estimate of drug-likeness (QED) is 0.239. The molecule has 2 rings (SSSR count). The first-order valence-corrected chi connectivity index (χ1v) is 9.80. The Balaban J connectivity index is 1.66. The van der Waals surface area contributed by atoms with Crippen LogP contribution in [0.15, 0.2) is 46.6 Å². The van der Waals surface area contributed by atoms with Crippen molar-refractivity contribution in [2.24, 2.45) is 10.2 Å². The summed E-state index contributed by atoms with van der Waals surface area (Å²) in [5, 5.41) is 27.1. The molecule has 2 amide bonds. The number of methoxy groups -OCH3 is 2. The van der Waals surface area contributed by atoms with Crippen molar-refractivity contribution in [1.82, 2.24) is 10.9 Å². The minimum absolute atomic E-state index is 0.0130. The average molecular weight is 442 g/mol. The lowest BCUT2D eigenvalue weighted by molar-refractivity contribution is -0.123. The van der Waals surface area contributed by atoms with Crippen molar-refractivity contribution in [3.05, 3.63) is 47.5 Å². The number of hydrogen-bond donors (Lipinski definition) is 4. The largest absolute Gasteiger partial charge is 0.507 e. The second-order valence-electron chi connectivity index (χ2n) is 6.64. The van der Waals surface area contributed by atoms with Crippen LogP contribution >= 0.6 is 0 Å². The number of hydrazone groups is 2. The fourth-order valence-corrected chi connectivity index (χ4v) is 2.56. The number of aromatic hydroxyl groups is 2. The van der Waals surface area contributed by atoms with Crippen molar-refractivity contribution in [2.45, 2.75) is 25.7 Å². The SMILES string of the molecule is COc1ccc(O)c(C=NNC(=O)CCCCC(=O)NN=Cc2cc(OC)ccc2O)c1. The Morgan fingerprint density at radius 2 is 1.22 bits per heavy atom. The lowest BCUT2D eigenvalue weighted by Gasteiger charge is -2.04. The van der Waals surface area contributed by atoms with Gasteiger partial charge in [-0.25, -0.2) is 10.9 Å². The number of hydrogen-bond acceptors (Lipinski definition) is 8. The minimum Gasteiger partial charge on any atom is -0.507 e. The predicted molar refractivity (Wildman–Crippen MR) is 119 cm³/mol. The van der Waals surface area contributed by atoms with E-state index < -0.39 is 0 Å². The highest BCUT2D eigenvalue weighted by Gasteiger charge is 2.05. The van der Waals surface area contributed by atoms with Gasteiger partial charge in [0, 0.05) is 24.0 Å². The van der Waals surface area contributed by atoms with Crippen molar-refractivity contribution in [2.75, 3.05) is 14.2 Å². The molecule has 2 aromatic rings. The number of benzene rings is 2. The Morgan fingerprint density at radius 1 is 0.812 bits per heavy atom. The Kier molecular flexibility index (Phi) is 9.51. The van der Waals surface area contributed by atoms with E-state index >= 15 is 0 Å². The second kappa shape index (κ2) is 12.6. The van der Waals surface area contributed by atoms with Gasteiger partial charge in [-0.05, 0) is 49.2 Å². The van der Waals surface area contributed by atoms with Crippen molar-refractivity contribution in [1.29, 1.82) is 0 Å². The fourth-order valence-electron chi connectivity index (χ4n) is 2.56. The molecule has 0 atom stereocenters. The van der Waals surface area contributed by atoms with Gasteiger partial charge < -0.3 is 19.7 Å². The smallest absolute Gasteiger partial charge is 0.240 e. The van der Waals surface area contributed by atoms with Crippen LogP contribution < -0.4 is 20.3 Å². The number of nitrogens with one attached hydrogen (secondary N) is 2. The van der Waals surface area contributed by atoms with Crippen LogP contribution in [0.25, 0.3) is 0 Å². The van der Waals surface area contributed by atoms with Gasteiger partial charge >= 0.3 is 0 Å². The first-order valence-electron chi connectivity index (χ1n) is 9.80. The molecule has 2 aromatic carbocycles. The molecule has 0 saturated heterocycles. The standard InChI is InChI=1S/C22H26N4O6/c1-31-17-7-9-19(27)15(11-17)13-23-25-21(29)5-3-4-6-22(30)26-24-14-16-12-18(32-2)8-10-20(16)28/h7-14,27-28H,3-6H2,1-2H3,(H,25,29)(H,26,30). The van der Waals surface area contributed by atoms with E-state index in [-0.39, 0.29) is 36.2 Å². The molecular weight excluding hydrogens is 416 g/mol. The van der Waals surface area contributed by atoms with Crippen LogP contribution in [0.4, 0.5) is 0 Å². The molecule has 0 aromatic heterocycles. The second-order valence-corrected chi connectivity index (χ2v) is 6.64. The van der Waals surface area contributed by atoms with Crippen molar-refractivity contribution in [3.8, 4) is 23.0 Å². The molecule has 0 aliphatic carbocycles. The molecule has 0 saturated carbocycles. The van der Waals surface area contributed by atoms with Crippen LogP contribution in [0.3, 0.4) is 0 Å². The Hall–Kier alpha value is -4.08. The number of carbonyl (C=O) groups is 2. The molecule has 0 unspecified atom stereocenters. The average Bonchev–Trinajstić information content (AvgIpc) is 2.79. The number of rotatable bonds is 11. The van der Waals surface area contributed by atoms with E-state index in [0.717, 1.165) is 0 Å². The molecule has 0 bridgehead atoms. The molecule has 32 heavy (non-hydrogen) atoms. The topological polar surface area (TPSA) is 142 Å². The number of amides is 2. The predicted octanol–water partition coefficient (Wildman–Crippen LogP) is 2.28. The summed E-state index contributed by atoms with van der Waals surface area (Å²) >= 11 is 0. The maximum absolute atomic E-state index is 11.8. The zero-order chi connectivity index (χ0) is 23.3. The number of phenolic OH excluding ortho intramolecular Hbond substituents is 2. The molecular formula is C22H26N4O6. The fraction of sp³-hybridized carbons (Fsp3) is 0.273. The summed E-state index contributed by atoms with van der Waals surface area (Å²) in [4.78, 5) is 23.7. The first kappa shape index (κ1) is 24.2. The number of unbranched alkanes of at least 4 members (excludes halogenated alkanes) is 1. The maximum atomic E-state index is 11.8. The van der Waals surface area contributed by atoms with Gasteiger partial charge in [-0.15, -0.1) is 0 Å². The summed E-state index contributed by atoms with van der Waals surface area (Å²) in [7, 11) is 3.01. The zero-order valence-corrected chi connectivity index (χ0v) is 17.9. The van der Waals surface area contributed by atoms with E-state index in [0.29, 0.717) is 35.5 Å². The van der Waals surface area contributed by atoms with Gasteiger partial charge in [0.05, 0.1) is 26.6 Å². The summed E-state index contributed by atoms with van der Waals surface area (Å²) in [5.74, 6) is 0.515. The van der Waals surface area contributed by atoms with E-state index in [1.54, 1.807) is 24.3 Å². The van der Waals surface area contributed by atoms with Gasteiger partial charge in [0.1, 0.15) is 23.0 Å². The number of carbonyl (C=O) groups excluding carboxylic acids is 2. The van der Waals surface area contributed by atoms with Gasteiger partial charge in [0.25, 0.3) is 0 Å². The van der Waals surface area contributed by atoms with E-state index in [4.69, 9.17) is 9.47 Å². The highest BCUT2D eigenvalue weighted by Crippen LogP contribution is 2.21. The van der Waals surface area contributed by atoms with E-state index in [1.807, 2.05) is 0 Å². The molecule has 0 aliphatic rings. The normalized spacial score (nSPS) is 10.9. The molecule has 0 heterocycles. The van der Waals surface area contributed by atoms with Crippen LogP contribution in [0.5, 0.6) is 23.0 Å². The lowest BCUT2D eigenvalue weighted by atomic mass is 10.2. The Bertz CT molecular complexity index is 911. The summed E-state index contributed by atoms with van der Waals surface area (Å²) in [5.41, 5.74) is 5.56. The monoisotopic (exact) mass is 442 g/mol. The minimum atomic E-state index is -0.310. The van der Waals surface area contributed by atoms with Gasteiger partial charge in [-0.1, -0.05) is 0 Å². The molecule has 0 spiro atoms. The van der Waals surface area contributed by atoms with Gasteiger partial charge in [0.15, 0.2) is 0 Å². The molecule has 170 valence electrons. The summed E-state index contributed by atoms with van der Waals surface area (Å²) in [6.45, 7) is 0. The highest BCUT2D eigenvalue weighted by atomic mass is 16.5. The summed E-state index contributed by atoms with van der Waals surface area (Å²) in [6, 6.07) is 9.32. The molecule has 4 N–H and O–H groups in total. The van der Waals surface area contributed by atoms with Crippen LogP contribution in [-0.4, -0.2) is 48.7 Å². The van der Waals surface area contributed by atoms with Crippen molar-refractivity contribution >= 4 is 24.2 Å². The van der Waals surface area contributed by atoms with Crippen molar-refractivity contribution < 1.29 is 29.3 Å². The zero-order valence-electron chi connectivity index (χ0n) is 17.9. The van der Waals surface area contributed by atoms with Crippen LogP contribution in [0.2, 0.25) is 0 Å². The van der Waals surface area contributed by atoms with E-state index in [1.165, 1.54) is 38.8 Å². The first-order chi connectivity index (χ1) is 15.4. The molecule has 0 aliphatic heterocycles. The Morgan fingerprint density at radius 3 is 1.59 bits per heavy atom. The summed E-state index contributed by atoms with van der Waals surface area (Å²) < 4.78 is 10.1. The third kappa shape index (κ3) is 7.98. The van der Waals surface area contributed by atoms with E-state index in [2.05, 4.69) is 21.1 Å². The van der Waals surface area contributed by atoms with Crippen LogP contribution in [0, 0.1) is 0 Å². The molecule has 0 radical (unpaired) electrons. The number of ether oxygens (including phenoxy) is 2.